The molecule has 0 saturated carbocycles. The number of H-pyrrole nitrogens is 1. The predicted molar refractivity (Wildman–Crippen MR) is 94.3 cm³/mol. The normalized spacial score (nSPS) is 11.0. The Labute approximate surface area is 147 Å². The number of amides is 1. The number of fused-ring (bicyclic) bond motifs is 1. The van der Waals surface area contributed by atoms with Crippen LogP contribution in [0.15, 0.2) is 48.5 Å². The molecular formula is C18H15FN6O. The molecule has 1 amide bonds. The molecule has 0 radical (unpaired) electrons. The number of aromatic nitrogens is 5. The van der Waals surface area contributed by atoms with Gasteiger partial charge in [-0.3, -0.25) is 19.9 Å². The van der Waals surface area contributed by atoms with Gasteiger partial charge in [0.2, 0.25) is 5.95 Å². The van der Waals surface area contributed by atoms with Crippen LogP contribution in [0.3, 0.4) is 0 Å². The Morgan fingerprint density at radius 3 is 2.77 bits per heavy atom. The molecule has 2 aromatic carbocycles. The topological polar surface area (TPSA) is 88.5 Å². The summed E-state index contributed by atoms with van der Waals surface area (Å²) in [6.07, 6.45) is 0.454. The van der Waals surface area contributed by atoms with E-state index in [1.54, 1.807) is 23.9 Å². The first-order valence-corrected chi connectivity index (χ1v) is 7.99. The molecular weight excluding hydrogens is 335 g/mol. The lowest BCUT2D eigenvalue weighted by atomic mass is 10.1. The Balaban J connectivity index is 1.51. The highest BCUT2D eigenvalue weighted by Gasteiger charge is 2.17. The zero-order valence-electron chi connectivity index (χ0n) is 13.9. The molecule has 26 heavy (non-hydrogen) atoms. The molecule has 0 fully saturated rings. The van der Waals surface area contributed by atoms with Crippen LogP contribution < -0.4 is 5.32 Å². The van der Waals surface area contributed by atoms with Gasteiger partial charge in [0.25, 0.3) is 5.91 Å². The highest BCUT2D eigenvalue weighted by atomic mass is 19.1. The van der Waals surface area contributed by atoms with Gasteiger partial charge in [-0.15, -0.1) is 5.10 Å². The van der Waals surface area contributed by atoms with Crippen molar-refractivity contribution in [2.75, 3.05) is 5.32 Å². The number of aromatic amines is 1. The Morgan fingerprint density at radius 1 is 1.19 bits per heavy atom. The maximum absolute atomic E-state index is 13.0. The highest BCUT2D eigenvalue weighted by molar-refractivity contribution is 6.10. The third kappa shape index (κ3) is 3.04. The van der Waals surface area contributed by atoms with Crippen molar-refractivity contribution in [3.05, 3.63) is 71.4 Å². The molecule has 2 heterocycles. The van der Waals surface area contributed by atoms with Gasteiger partial charge in [-0.2, -0.15) is 10.1 Å². The quantitative estimate of drug-likeness (QED) is 0.592. The third-order valence-electron chi connectivity index (χ3n) is 4.01. The fourth-order valence-corrected chi connectivity index (χ4v) is 2.77. The van der Waals surface area contributed by atoms with Crippen molar-refractivity contribution < 1.29 is 9.18 Å². The van der Waals surface area contributed by atoms with E-state index in [-0.39, 0.29) is 17.7 Å². The number of para-hydroxylation sites is 1. The van der Waals surface area contributed by atoms with Gasteiger partial charge in [0.05, 0.1) is 5.52 Å². The van der Waals surface area contributed by atoms with Crippen LogP contribution in [0.2, 0.25) is 0 Å². The molecule has 0 aliphatic heterocycles. The second-order valence-corrected chi connectivity index (χ2v) is 5.85. The lowest BCUT2D eigenvalue weighted by Gasteiger charge is -1.98. The summed E-state index contributed by atoms with van der Waals surface area (Å²) in [4.78, 5) is 16.8. The van der Waals surface area contributed by atoms with Crippen molar-refractivity contribution in [1.82, 2.24) is 25.0 Å². The molecule has 0 aliphatic rings. The number of carbonyl (C=O) groups is 1. The number of nitrogens with zero attached hydrogens (tertiary/aromatic N) is 4. The average molecular weight is 350 g/mol. The molecule has 7 nitrogen and oxygen atoms in total. The summed E-state index contributed by atoms with van der Waals surface area (Å²) in [5, 5.41) is 14.5. The molecule has 2 N–H and O–H groups in total. The first-order valence-electron chi connectivity index (χ1n) is 7.99. The van der Waals surface area contributed by atoms with Crippen LogP contribution in [0.1, 0.15) is 21.9 Å². The van der Waals surface area contributed by atoms with E-state index in [2.05, 4.69) is 25.6 Å². The number of carbonyl (C=O) groups excluding carboxylic acids is 1. The summed E-state index contributed by atoms with van der Waals surface area (Å²) in [6.45, 7) is 0. The van der Waals surface area contributed by atoms with Gasteiger partial charge in [0.15, 0.2) is 5.69 Å². The first-order chi connectivity index (χ1) is 12.6. The van der Waals surface area contributed by atoms with Crippen LogP contribution in [-0.2, 0) is 13.5 Å². The molecule has 0 spiro atoms. The number of aryl methyl sites for hydroxylation is 1. The second kappa shape index (κ2) is 6.40. The Morgan fingerprint density at radius 2 is 1.96 bits per heavy atom. The second-order valence-electron chi connectivity index (χ2n) is 5.85. The van der Waals surface area contributed by atoms with Crippen LogP contribution >= 0.6 is 0 Å². The maximum Gasteiger partial charge on any atom is 0.279 e. The van der Waals surface area contributed by atoms with Gasteiger partial charge < -0.3 is 0 Å². The van der Waals surface area contributed by atoms with E-state index in [4.69, 9.17) is 0 Å². The number of nitrogens with one attached hydrogen (secondary N) is 2. The zero-order chi connectivity index (χ0) is 18.1. The molecule has 4 rings (SSSR count). The van der Waals surface area contributed by atoms with Crippen LogP contribution in [0.25, 0.3) is 10.9 Å². The minimum Gasteiger partial charge on any atom is -0.288 e. The molecule has 0 bridgehead atoms. The van der Waals surface area contributed by atoms with Crippen LogP contribution in [-0.4, -0.2) is 30.9 Å². The van der Waals surface area contributed by atoms with E-state index in [1.807, 2.05) is 24.3 Å². The largest absolute Gasteiger partial charge is 0.288 e. The van der Waals surface area contributed by atoms with E-state index in [1.165, 1.54) is 12.1 Å². The Kier molecular flexibility index (Phi) is 3.92. The van der Waals surface area contributed by atoms with Crippen molar-refractivity contribution >= 4 is 22.8 Å². The van der Waals surface area contributed by atoms with Gasteiger partial charge >= 0.3 is 0 Å². The molecule has 130 valence electrons. The predicted octanol–water partition coefficient (Wildman–Crippen LogP) is 2.67. The van der Waals surface area contributed by atoms with Crippen molar-refractivity contribution in [2.45, 2.75) is 6.42 Å². The molecule has 0 aliphatic carbocycles. The van der Waals surface area contributed by atoms with Crippen LogP contribution in [0, 0.1) is 5.82 Å². The summed E-state index contributed by atoms with van der Waals surface area (Å²) in [5.74, 6) is 0.0654. The molecule has 8 heteroatoms. The smallest absolute Gasteiger partial charge is 0.279 e. The number of hydrogen-bond acceptors (Lipinski definition) is 4. The summed E-state index contributed by atoms with van der Waals surface area (Å²) >= 11 is 0. The monoisotopic (exact) mass is 350 g/mol. The SMILES string of the molecule is Cn1nc(C(=O)Nc2n[nH]c(Cc3ccc(F)cc3)n2)c2ccccc21. The van der Waals surface area contributed by atoms with E-state index in [9.17, 15) is 9.18 Å². The summed E-state index contributed by atoms with van der Waals surface area (Å²) < 4.78 is 14.6. The summed E-state index contributed by atoms with van der Waals surface area (Å²) in [6, 6.07) is 13.6. The average Bonchev–Trinajstić information content (AvgIpc) is 3.22. The standard InChI is InChI=1S/C18H15FN6O/c1-25-14-5-3-2-4-13(14)16(24-25)17(26)21-18-20-15(22-23-18)10-11-6-8-12(19)9-7-11/h2-9H,10H2,1H3,(H2,20,21,22,23,26). The molecule has 0 atom stereocenters. The minimum absolute atomic E-state index is 0.168. The summed E-state index contributed by atoms with van der Waals surface area (Å²) in [7, 11) is 1.78. The summed E-state index contributed by atoms with van der Waals surface area (Å²) in [5.41, 5.74) is 2.06. The van der Waals surface area contributed by atoms with Crippen molar-refractivity contribution in [2.24, 2.45) is 7.05 Å². The number of halogens is 1. The van der Waals surface area contributed by atoms with Crippen LogP contribution in [0.4, 0.5) is 10.3 Å². The van der Waals surface area contributed by atoms with E-state index >= 15 is 0 Å². The fraction of sp³-hybridized carbons (Fsp3) is 0.111. The van der Waals surface area contributed by atoms with Gasteiger partial charge in [-0.25, -0.2) is 4.39 Å². The highest BCUT2D eigenvalue weighted by Crippen LogP contribution is 2.18. The number of anilines is 1. The van der Waals surface area contributed by atoms with Gasteiger partial charge in [0, 0.05) is 18.9 Å². The van der Waals surface area contributed by atoms with Crippen molar-refractivity contribution in [3.63, 3.8) is 0 Å². The number of hydrogen-bond donors (Lipinski definition) is 2. The minimum atomic E-state index is -0.380. The lowest BCUT2D eigenvalue weighted by Crippen LogP contribution is -2.14. The lowest BCUT2D eigenvalue weighted by molar-refractivity contribution is 0.102. The first kappa shape index (κ1) is 15.9. The van der Waals surface area contributed by atoms with Gasteiger partial charge in [-0.05, 0) is 23.8 Å². The van der Waals surface area contributed by atoms with Crippen molar-refractivity contribution in [3.8, 4) is 0 Å². The van der Waals surface area contributed by atoms with Gasteiger partial charge in [0.1, 0.15) is 11.6 Å². The third-order valence-corrected chi connectivity index (χ3v) is 4.01. The van der Waals surface area contributed by atoms with E-state index in [0.717, 1.165) is 16.5 Å². The Hall–Kier alpha value is -3.55. The molecule has 0 saturated heterocycles. The molecule has 2 aromatic heterocycles. The maximum atomic E-state index is 13.0. The number of rotatable bonds is 4. The zero-order valence-corrected chi connectivity index (χ0v) is 13.9. The van der Waals surface area contributed by atoms with Crippen LogP contribution in [0.5, 0.6) is 0 Å². The molecule has 4 aromatic rings. The van der Waals surface area contributed by atoms with Crippen molar-refractivity contribution in [1.29, 1.82) is 0 Å². The number of benzene rings is 2. The van der Waals surface area contributed by atoms with E-state index in [0.29, 0.717) is 17.9 Å². The van der Waals surface area contributed by atoms with E-state index < -0.39 is 0 Å². The molecule has 0 unspecified atom stereocenters. The fourth-order valence-electron chi connectivity index (χ4n) is 2.77. The van der Waals surface area contributed by atoms with Gasteiger partial charge in [-0.1, -0.05) is 30.3 Å². The Bertz CT molecular complexity index is 1080.